The molecule has 0 saturated heterocycles. The van der Waals surface area contributed by atoms with Crippen LogP contribution in [-0.2, 0) is 11.2 Å². The highest BCUT2D eigenvalue weighted by molar-refractivity contribution is 8.01. The van der Waals surface area contributed by atoms with Gasteiger partial charge < -0.3 is 5.32 Å². The third kappa shape index (κ3) is 3.13. The molecule has 1 atom stereocenters. The largest absolute Gasteiger partial charge is 0.325 e. The fraction of sp³-hybridized carbons (Fsp3) is 0.278. The third-order valence-electron chi connectivity index (χ3n) is 3.68. The van der Waals surface area contributed by atoms with Crippen LogP contribution in [0.5, 0.6) is 0 Å². The number of aryl methyl sites for hydroxylation is 3. The van der Waals surface area contributed by atoms with E-state index in [-0.39, 0.29) is 11.2 Å². The predicted molar refractivity (Wildman–Crippen MR) is 89.1 cm³/mol. The Morgan fingerprint density at radius 1 is 1.05 bits per heavy atom. The minimum atomic E-state index is -0.0254. The van der Waals surface area contributed by atoms with Gasteiger partial charge in [-0.25, -0.2) is 0 Å². The number of nitrogens with one attached hydrogen (secondary N) is 1. The zero-order chi connectivity index (χ0) is 15.0. The van der Waals surface area contributed by atoms with Crippen LogP contribution in [-0.4, -0.2) is 11.2 Å². The minimum absolute atomic E-state index is 0.0254. The molecule has 0 aromatic heterocycles. The second kappa shape index (κ2) is 5.57. The average molecular weight is 297 g/mol. The highest BCUT2D eigenvalue weighted by atomic mass is 32.2. The summed E-state index contributed by atoms with van der Waals surface area (Å²) in [7, 11) is 0. The van der Waals surface area contributed by atoms with Crippen LogP contribution in [0, 0.1) is 20.8 Å². The number of benzene rings is 2. The lowest BCUT2D eigenvalue weighted by molar-refractivity contribution is -0.115. The Balaban J connectivity index is 1.73. The van der Waals surface area contributed by atoms with Gasteiger partial charge in [0.05, 0.1) is 5.25 Å². The number of carbonyl (C=O) groups is 1. The molecule has 3 heteroatoms. The number of hydrogen-bond acceptors (Lipinski definition) is 2. The van der Waals surface area contributed by atoms with Gasteiger partial charge in [0.1, 0.15) is 0 Å². The first-order valence-electron chi connectivity index (χ1n) is 7.16. The molecule has 2 nitrogen and oxygen atoms in total. The van der Waals surface area contributed by atoms with Crippen LogP contribution in [0.25, 0.3) is 0 Å². The van der Waals surface area contributed by atoms with Crippen molar-refractivity contribution in [2.45, 2.75) is 37.3 Å². The second-order valence-electron chi connectivity index (χ2n) is 5.79. The van der Waals surface area contributed by atoms with Gasteiger partial charge in [-0.15, -0.1) is 11.8 Å². The molecular weight excluding hydrogens is 278 g/mol. The summed E-state index contributed by atoms with van der Waals surface area (Å²) in [5.74, 6) is 0.0962. The maximum atomic E-state index is 12.5. The summed E-state index contributed by atoms with van der Waals surface area (Å²) in [4.78, 5) is 13.7. The van der Waals surface area contributed by atoms with Crippen LogP contribution in [0.1, 0.15) is 22.3 Å². The molecule has 1 aliphatic rings. The van der Waals surface area contributed by atoms with Crippen LogP contribution < -0.4 is 5.32 Å². The fourth-order valence-electron chi connectivity index (χ4n) is 2.75. The quantitative estimate of drug-likeness (QED) is 0.897. The molecule has 3 rings (SSSR count). The normalized spacial score (nSPS) is 16.6. The molecule has 2 aromatic rings. The summed E-state index contributed by atoms with van der Waals surface area (Å²) >= 11 is 1.67. The van der Waals surface area contributed by atoms with Crippen molar-refractivity contribution in [2.75, 3.05) is 5.32 Å². The molecule has 1 heterocycles. The SMILES string of the molecule is Cc1cc(C)cc(NC(=O)[C@H]2Cc3ccc(C)cc3S2)c1. The van der Waals surface area contributed by atoms with Gasteiger partial charge in [0, 0.05) is 10.6 Å². The number of thioether (sulfide) groups is 1. The molecule has 0 fully saturated rings. The number of carbonyl (C=O) groups excluding carboxylic acids is 1. The molecule has 21 heavy (non-hydrogen) atoms. The zero-order valence-corrected chi connectivity index (χ0v) is 13.4. The molecule has 0 unspecified atom stereocenters. The van der Waals surface area contributed by atoms with Crippen LogP contribution in [0.3, 0.4) is 0 Å². The standard InChI is InChI=1S/C18H19NOS/c1-11-4-5-14-10-17(21-16(14)9-11)18(20)19-15-7-12(2)6-13(3)8-15/h4-9,17H,10H2,1-3H3,(H,19,20)/t17-/m1/s1. The van der Waals surface area contributed by atoms with Gasteiger partial charge >= 0.3 is 0 Å². The fourth-order valence-corrected chi connectivity index (χ4v) is 4.04. The number of anilines is 1. The van der Waals surface area contributed by atoms with Gasteiger partial charge in [0.2, 0.25) is 5.91 Å². The number of hydrogen-bond donors (Lipinski definition) is 1. The van der Waals surface area contributed by atoms with Gasteiger partial charge in [0.15, 0.2) is 0 Å². The van der Waals surface area contributed by atoms with Crippen molar-refractivity contribution in [3.8, 4) is 0 Å². The van der Waals surface area contributed by atoms with Crippen molar-refractivity contribution < 1.29 is 4.79 Å². The van der Waals surface area contributed by atoms with Gasteiger partial charge in [-0.05, 0) is 62.1 Å². The molecule has 1 N–H and O–H groups in total. The summed E-state index contributed by atoms with van der Waals surface area (Å²) in [5.41, 5.74) is 5.76. The maximum Gasteiger partial charge on any atom is 0.238 e. The van der Waals surface area contributed by atoms with E-state index in [1.165, 1.54) is 27.1 Å². The molecule has 1 aliphatic heterocycles. The van der Waals surface area contributed by atoms with Crippen molar-refractivity contribution in [3.63, 3.8) is 0 Å². The molecule has 2 aromatic carbocycles. The first-order chi connectivity index (χ1) is 10.0. The summed E-state index contributed by atoms with van der Waals surface area (Å²) in [6, 6.07) is 12.6. The molecule has 0 saturated carbocycles. The Kier molecular flexibility index (Phi) is 3.77. The Hall–Kier alpha value is -1.74. The van der Waals surface area contributed by atoms with Crippen LogP contribution >= 0.6 is 11.8 Å². The Morgan fingerprint density at radius 2 is 1.76 bits per heavy atom. The van der Waals surface area contributed by atoms with Crippen LogP contribution in [0.4, 0.5) is 5.69 Å². The monoisotopic (exact) mass is 297 g/mol. The van der Waals surface area contributed by atoms with E-state index in [4.69, 9.17) is 0 Å². The average Bonchev–Trinajstić information content (AvgIpc) is 2.80. The lowest BCUT2D eigenvalue weighted by Crippen LogP contribution is -2.24. The lowest BCUT2D eigenvalue weighted by atomic mass is 10.1. The van der Waals surface area contributed by atoms with Crippen molar-refractivity contribution in [2.24, 2.45) is 0 Å². The van der Waals surface area contributed by atoms with E-state index < -0.39 is 0 Å². The zero-order valence-electron chi connectivity index (χ0n) is 12.6. The van der Waals surface area contributed by atoms with Crippen LogP contribution in [0.2, 0.25) is 0 Å². The van der Waals surface area contributed by atoms with Gasteiger partial charge in [-0.2, -0.15) is 0 Å². The highest BCUT2D eigenvalue weighted by Gasteiger charge is 2.28. The summed E-state index contributed by atoms with van der Waals surface area (Å²) in [5, 5.41) is 3.03. The first kappa shape index (κ1) is 14.2. The molecular formula is C18H19NOS. The lowest BCUT2D eigenvalue weighted by Gasteiger charge is -2.11. The Morgan fingerprint density at radius 3 is 2.48 bits per heavy atom. The van der Waals surface area contributed by atoms with Crippen molar-refractivity contribution >= 4 is 23.4 Å². The van der Waals surface area contributed by atoms with Crippen molar-refractivity contribution in [1.29, 1.82) is 0 Å². The van der Waals surface area contributed by atoms with E-state index in [0.717, 1.165) is 12.1 Å². The number of amides is 1. The van der Waals surface area contributed by atoms with E-state index in [1.54, 1.807) is 11.8 Å². The van der Waals surface area contributed by atoms with Crippen molar-refractivity contribution in [1.82, 2.24) is 0 Å². The predicted octanol–water partition coefficient (Wildman–Crippen LogP) is 4.27. The summed E-state index contributed by atoms with van der Waals surface area (Å²) < 4.78 is 0. The van der Waals surface area contributed by atoms with Gasteiger partial charge in [0.25, 0.3) is 0 Å². The molecule has 108 valence electrons. The van der Waals surface area contributed by atoms with Gasteiger partial charge in [-0.3, -0.25) is 4.79 Å². The minimum Gasteiger partial charge on any atom is -0.325 e. The van der Waals surface area contributed by atoms with Crippen molar-refractivity contribution in [3.05, 3.63) is 58.7 Å². The molecule has 0 bridgehead atoms. The van der Waals surface area contributed by atoms with E-state index in [0.29, 0.717) is 0 Å². The Labute approximate surface area is 130 Å². The maximum absolute atomic E-state index is 12.5. The van der Waals surface area contributed by atoms with E-state index in [2.05, 4.69) is 36.5 Å². The highest BCUT2D eigenvalue weighted by Crippen LogP contribution is 2.38. The summed E-state index contributed by atoms with van der Waals surface area (Å²) in [6.45, 7) is 6.18. The topological polar surface area (TPSA) is 29.1 Å². The number of fused-ring (bicyclic) bond motifs is 1. The van der Waals surface area contributed by atoms with E-state index >= 15 is 0 Å². The Bertz CT molecular complexity index is 688. The number of rotatable bonds is 2. The van der Waals surface area contributed by atoms with Crippen LogP contribution in [0.15, 0.2) is 41.3 Å². The molecule has 0 spiro atoms. The third-order valence-corrected chi connectivity index (χ3v) is 4.98. The molecule has 0 radical (unpaired) electrons. The second-order valence-corrected chi connectivity index (χ2v) is 7.03. The van der Waals surface area contributed by atoms with Gasteiger partial charge in [-0.1, -0.05) is 23.8 Å². The smallest absolute Gasteiger partial charge is 0.238 e. The van der Waals surface area contributed by atoms with E-state index in [9.17, 15) is 4.79 Å². The molecule has 1 amide bonds. The molecule has 0 aliphatic carbocycles. The first-order valence-corrected chi connectivity index (χ1v) is 8.04. The summed E-state index contributed by atoms with van der Waals surface area (Å²) in [6.07, 6.45) is 0.816. The van der Waals surface area contributed by atoms with E-state index in [1.807, 2.05) is 26.0 Å².